The third kappa shape index (κ3) is 6.98. The van der Waals surface area contributed by atoms with E-state index in [-0.39, 0.29) is 23.3 Å². The Morgan fingerprint density at radius 1 is 1.09 bits per heavy atom. The molecule has 0 saturated heterocycles. The smallest absolute Gasteiger partial charge is 0.329 e. The molecule has 0 atom stereocenters. The average Bonchev–Trinajstić information content (AvgIpc) is 2.74. The molecule has 3 N–H and O–H groups in total. The third-order valence-electron chi connectivity index (χ3n) is 4.15. The summed E-state index contributed by atoms with van der Waals surface area (Å²) in [6.45, 7) is 5.72. The van der Waals surface area contributed by atoms with Crippen molar-refractivity contribution >= 4 is 41.2 Å². The SMILES string of the molecule is CCOc1cc(/C=N\NC(=O)C(=O)NC)cc(Cl)c1OCC(=O)Nc1ccc(C)cc1C. The minimum absolute atomic E-state index is 0.189. The van der Waals surface area contributed by atoms with Crippen molar-refractivity contribution in [1.29, 1.82) is 0 Å². The van der Waals surface area contributed by atoms with Crippen LogP contribution in [0.5, 0.6) is 11.5 Å². The van der Waals surface area contributed by atoms with Crippen molar-refractivity contribution in [2.45, 2.75) is 20.8 Å². The molecule has 0 heterocycles. The van der Waals surface area contributed by atoms with Crippen LogP contribution < -0.4 is 25.5 Å². The first kappa shape index (κ1) is 24.7. The standard InChI is InChI=1S/C22H25ClN4O5/c1-5-31-18-10-15(11-25-27-22(30)21(29)24-4)9-16(23)20(18)32-12-19(28)26-17-7-6-13(2)8-14(17)3/h6-11H,5,12H2,1-4H3,(H,24,29)(H,26,28)(H,27,30)/b25-11-. The molecule has 0 aliphatic carbocycles. The molecule has 0 aliphatic rings. The highest BCUT2D eigenvalue weighted by Gasteiger charge is 2.15. The Morgan fingerprint density at radius 2 is 1.84 bits per heavy atom. The van der Waals surface area contributed by atoms with Gasteiger partial charge in [-0.25, -0.2) is 5.43 Å². The Bertz CT molecular complexity index is 1040. The average molecular weight is 461 g/mol. The zero-order valence-electron chi connectivity index (χ0n) is 18.2. The van der Waals surface area contributed by atoms with Gasteiger partial charge in [0.2, 0.25) is 0 Å². The number of anilines is 1. The van der Waals surface area contributed by atoms with Crippen LogP contribution in [0.1, 0.15) is 23.6 Å². The number of aryl methyl sites for hydroxylation is 2. The Hall–Kier alpha value is -3.59. The third-order valence-corrected chi connectivity index (χ3v) is 4.43. The lowest BCUT2D eigenvalue weighted by atomic mass is 10.1. The fourth-order valence-electron chi connectivity index (χ4n) is 2.67. The molecular weight excluding hydrogens is 436 g/mol. The second-order valence-electron chi connectivity index (χ2n) is 6.70. The van der Waals surface area contributed by atoms with Gasteiger partial charge in [-0.05, 0) is 50.1 Å². The lowest BCUT2D eigenvalue weighted by Gasteiger charge is -2.15. The number of carbonyl (C=O) groups excluding carboxylic acids is 3. The fourth-order valence-corrected chi connectivity index (χ4v) is 2.95. The summed E-state index contributed by atoms with van der Waals surface area (Å²) in [5.74, 6) is -1.57. The summed E-state index contributed by atoms with van der Waals surface area (Å²) in [7, 11) is 1.33. The van der Waals surface area contributed by atoms with Gasteiger partial charge in [0.25, 0.3) is 5.91 Å². The molecule has 170 valence electrons. The van der Waals surface area contributed by atoms with Crippen LogP contribution in [0.15, 0.2) is 35.4 Å². The summed E-state index contributed by atoms with van der Waals surface area (Å²) in [6, 6.07) is 8.82. The van der Waals surface area contributed by atoms with Crippen molar-refractivity contribution in [3.63, 3.8) is 0 Å². The first-order valence-electron chi connectivity index (χ1n) is 9.76. The van der Waals surface area contributed by atoms with Gasteiger partial charge in [0.05, 0.1) is 17.8 Å². The van der Waals surface area contributed by atoms with E-state index in [4.69, 9.17) is 21.1 Å². The number of benzene rings is 2. The highest BCUT2D eigenvalue weighted by molar-refractivity contribution is 6.35. The Morgan fingerprint density at radius 3 is 2.50 bits per heavy atom. The molecule has 32 heavy (non-hydrogen) atoms. The summed E-state index contributed by atoms with van der Waals surface area (Å²) in [4.78, 5) is 34.9. The molecular formula is C22H25ClN4O5. The number of nitrogens with zero attached hydrogens (tertiary/aromatic N) is 1. The molecule has 0 aliphatic heterocycles. The van der Waals surface area contributed by atoms with Gasteiger partial charge in [-0.15, -0.1) is 0 Å². The maximum atomic E-state index is 12.3. The van der Waals surface area contributed by atoms with Gasteiger partial charge in [-0.2, -0.15) is 5.10 Å². The van der Waals surface area contributed by atoms with E-state index < -0.39 is 11.8 Å². The van der Waals surface area contributed by atoms with E-state index >= 15 is 0 Å². The molecule has 3 amide bonds. The summed E-state index contributed by atoms with van der Waals surface area (Å²) in [5, 5.41) is 8.89. The number of rotatable bonds is 8. The zero-order valence-corrected chi connectivity index (χ0v) is 19.0. The van der Waals surface area contributed by atoms with Gasteiger partial charge in [0, 0.05) is 12.7 Å². The van der Waals surface area contributed by atoms with Crippen molar-refractivity contribution in [2.75, 3.05) is 25.6 Å². The second kappa shape index (κ2) is 11.7. The number of halogens is 1. The van der Waals surface area contributed by atoms with Crippen molar-refractivity contribution in [3.05, 3.63) is 52.0 Å². The lowest BCUT2D eigenvalue weighted by molar-refractivity contribution is -0.138. The molecule has 2 aromatic carbocycles. The molecule has 0 spiro atoms. The van der Waals surface area contributed by atoms with Crippen molar-refractivity contribution in [3.8, 4) is 11.5 Å². The van der Waals surface area contributed by atoms with Crippen LogP contribution in [-0.4, -0.2) is 44.2 Å². The molecule has 0 radical (unpaired) electrons. The monoisotopic (exact) mass is 460 g/mol. The van der Waals surface area contributed by atoms with E-state index in [9.17, 15) is 14.4 Å². The Balaban J connectivity index is 2.09. The summed E-state index contributed by atoms with van der Waals surface area (Å²) in [6.07, 6.45) is 1.30. The van der Waals surface area contributed by atoms with E-state index in [1.54, 1.807) is 13.0 Å². The predicted octanol–water partition coefficient (Wildman–Crippen LogP) is 2.57. The number of ether oxygens (including phenoxy) is 2. The highest BCUT2D eigenvalue weighted by Crippen LogP contribution is 2.36. The summed E-state index contributed by atoms with van der Waals surface area (Å²) < 4.78 is 11.2. The normalized spacial score (nSPS) is 10.5. The first-order valence-corrected chi connectivity index (χ1v) is 10.1. The highest BCUT2D eigenvalue weighted by atomic mass is 35.5. The van der Waals surface area contributed by atoms with Crippen LogP contribution in [0, 0.1) is 13.8 Å². The van der Waals surface area contributed by atoms with E-state index in [2.05, 4.69) is 21.2 Å². The van der Waals surface area contributed by atoms with E-state index in [1.807, 2.05) is 32.0 Å². The van der Waals surface area contributed by atoms with Gasteiger partial charge in [0.15, 0.2) is 18.1 Å². The number of hydrogen-bond donors (Lipinski definition) is 3. The number of likely N-dealkylation sites (N-methyl/N-ethyl adjacent to an activating group) is 1. The van der Waals surface area contributed by atoms with E-state index in [0.717, 1.165) is 11.1 Å². The maximum absolute atomic E-state index is 12.3. The van der Waals surface area contributed by atoms with Crippen LogP contribution in [0.4, 0.5) is 5.69 Å². The van der Waals surface area contributed by atoms with Gasteiger partial charge in [-0.1, -0.05) is 29.3 Å². The molecule has 10 heteroatoms. The molecule has 0 bridgehead atoms. The topological polar surface area (TPSA) is 118 Å². The van der Waals surface area contributed by atoms with Crippen LogP contribution in [0.2, 0.25) is 5.02 Å². The molecule has 2 aromatic rings. The number of hydrazone groups is 1. The van der Waals surface area contributed by atoms with Crippen molar-refractivity contribution in [1.82, 2.24) is 10.7 Å². The van der Waals surface area contributed by atoms with Gasteiger partial charge in [0.1, 0.15) is 0 Å². The van der Waals surface area contributed by atoms with Crippen LogP contribution in [-0.2, 0) is 14.4 Å². The second-order valence-corrected chi connectivity index (χ2v) is 7.10. The number of hydrogen-bond acceptors (Lipinski definition) is 6. The number of carbonyl (C=O) groups is 3. The number of nitrogens with one attached hydrogen (secondary N) is 3. The zero-order chi connectivity index (χ0) is 23.7. The maximum Gasteiger partial charge on any atom is 0.329 e. The molecule has 0 unspecified atom stereocenters. The molecule has 0 saturated carbocycles. The first-order chi connectivity index (χ1) is 15.2. The molecule has 0 fully saturated rings. The van der Waals surface area contributed by atoms with Crippen molar-refractivity contribution in [2.24, 2.45) is 5.10 Å². The van der Waals surface area contributed by atoms with Crippen molar-refractivity contribution < 1.29 is 23.9 Å². The molecule has 2 rings (SSSR count). The van der Waals surface area contributed by atoms with Crippen LogP contribution >= 0.6 is 11.6 Å². The molecule has 0 aromatic heterocycles. The lowest BCUT2D eigenvalue weighted by Crippen LogP contribution is -2.35. The predicted molar refractivity (Wildman–Crippen MR) is 122 cm³/mol. The van der Waals surface area contributed by atoms with Gasteiger partial charge < -0.3 is 20.1 Å². The fraction of sp³-hybridized carbons (Fsp3) is 0.273. The van der Waals surface area contributed by atoms with E-state index in [1.165, 1.54) is 19.3 Å². The Labute approximate surface area is 191 Å². The van der Waals surface area contributed by atoms with Gasteiger partial charge in [-0.3, -0.25) is 14.4 Å². The minimum atomic E-state index is -0.908. The van der Waals surface area contributed by atoms with Gasteiger partial charge >= 0.3 is 11.8 Å². The number of amides is 3. The quantitative estimate of drug-likeness (QED) is 0.318. The summed E-state index contributed by atoms with van der Waals surface area (Å²) >= 11 is 6.32. The minimum Gasteiger partial charge on any atom is -0.490 e. The van der Waals surface area contributed by atoms with Crippen LogP contribution in [0.25, 0.3) is 0 Å². The Kier molecular flexibility index (Phi) is 9.03. The molecule has 9 nitrogen and oxygen atoms in total. The van der Waals surface area contributed by atoms with Crippen LogP contribution in [0.3, 0.4) is 0 Å². The van der Waals surface area contributed by atoms with E-state index in [0.29, 0.717) is 23.6 Å². The largest absolute Gasteiger partial charge is 0.490 e. The summed E-state index contributed by atoms with van der Waals surface area (Å²) in [5.41, 5.74) is 5.32.